The van der Waals surface area contributed by atoms with Crippen LogP contribution >= 0.6 is 0 Å². The smallest absolute Gasteiger partial charge is 2.00 e. The normalized spacial score (nSPS) is 0. The second-order valence-electron chi connectivity index (χ2n) is 0. The van der Waals surface area contributed by atoms with Crippen LogP contribution in [0.25, 0.3) is 0 Å². The number of hydrogen-bond acceptors (Lipinski definition) is 0. The molecule has 0 aromatic carbocycles. The molecule has 0 saturated carbocycles. The second kappa shape index (κ2) is 72.9. The van der Waals surface area contributed by atoms with Gasteiger partial charge in [0, 0.05) is 21.1 Å². The first-order chi connectivity index (χ1) is 0. The van der Waals surface area contributed by atoms with Crippen LogP contribution in [0.3, 0.4) is 0 Å². The van der Waals surface area contributed by atoms with Crippen molar-refractivity contribution in [3.8, 4) is 0 Å². The molecule has 0 aliphatic heterocycles. The fourth-order valence-electron chi connectivity index (χ4n) is 0. The van der Waals surface area contributed by atoms with Gasteiger partial charge in [-0.3, -0.25) is 0 Å². The summed E-state index contributed by atoms with van der Waals surface area (Å²) >= 11 is 0. The molecule has 0 fully saturated rings. The Labute approximate surface area is 107 Å². The van der Waals surface area contributed by atoms with E-state index in [0.29, 0.717) is 0 Å². The Balaban J connectivity index is 0. The fraction of sp³-hybridized carbons (Fsp3) is 0. The molecule has 0 aromatic heterocycles. The summed E-state index contributed by atoms with van der Waals surface area (Å²) in [7, 11) is 0. The van der Waals surface area contributed by atoms with Gasteiger partial charge >= 0.3 is 65.9 Å². The Morgan fingerprint density at radius 2 is 0.571 bits per heavy atom. The molecule has 4 nitrogen and oxygen atoms in total. The van der Waals surface area contributed by atoms with E-state index < -0.39 is 0 Å². The Bertz CT molecular complexity index is 11.7. The summed E-state index contributed by atoms with van der Waals surface area (Å²) in [5.74, 6) is 0. The molecule has 7 heteroatoms. The molecule has 7 heavy (non-hydrogen) atoms. The molecule has 0 atom stereocenters. The maximum absolute atomic E-state index is 0. The van der Waals surface area contributed by atoms with Crippen molar-refractivity contribution in [2.45, 2.75) is 0 Å². The van der Waals surface area contributed by atoms with Crippen LogP contribution < -0.4 is 0 Å². The first-order valence-electron chi connectivity index (χ1n) is 0. The van der Waals surface area contributed by atoms with Crippen LogP contribution in [-0.4, -0.2) is 48.9 Å². The molecule has 0 spiro atoms. The average Bonchev–Trinajstić information content (AvgIpc) is 0. The first kappa shape index (κ1) is 104. The summed E-state index contributed by atoms with van der Waals surface area (Å²) in [6.07, 6.45) is 0. The summed E-state index contributed by atoms with van der Waals surface area (Å²) in [6.45, 7) is 0. The van der Waals surface area contributed by atoms with Crippen LogP contribution in [-0.2, 0) is 60.0 Å². The van der Waals surface area contributed by atoms with Gasteiger partial charge in [-0.15, -0.1) is 0 Å². The van der Waals surface area contributed by atoms with Crippen molar-refractivity contribution in [3.63, 3.8) is 0 Å². The van der Waals surface area contributed by atoms with Crippen LogP contribution in [0.4, 0.5) is 0 Å². The summed E-state index contributed by atoms with van der Waals surface area (Å²) < 4.78 is 0. The SMILES string of the molecule is [Ba+2].[Fe+2].[O-2].[O-2].[O-2].[O-2].[W]. The van der Waals surface area contributed by atoms with Gasteiger partial charge in [-0.1, -0.05) is 0 Å². The van der Waals surface area contributed by atoms with Crippen LogP contribution in [0.1, 0.15) is 0 Å². The Kier molecular flexibility index (Phi) is 1090. The van der Waals surface area contributed by atoms with E-state index in [4.69, 9.17) is 0 Å². The van der Waals surface area contributed by atoms with Crippen molar-refractivity contribution in [3.05, 3.63) is 0 Å². The zero-order valence-corrected chi connectivity index (χ0v) is 11.6. The van der Waals surface area contributed by atoms with Gasteiger partial charge in [0.25, 0.3) is 0 Å². The molecule has 0 unspecified atom stereocenters. The summed E-state index contributed by atoms with van der Waals surface area (Å²) in [5.41, 5.74) is 0. The second-order valence-corrected chi connectivity index (χ2v) is 0. The van der Waals surface area contributed by atoms with Gasteiger partial charge in [-0.25, -0.2) is 0 Å². The van der Waals surface area contributed by atoms with Crippen LogP contribution in [0.15, 0.2) is 0 Å². The van der Waals surface area contributed by atoms with Gasteiger partial charge in [0.2, 0.25) is 0 Å². The van der Waals surface area contributed by atoms with Gasteiger partial charge in [0.15, 0.2) is 0 Å². The van der Waals surface area contributed by atoms with Crippen molar-refractivity contribution < 1.29 is 60.0 Å². The molecular weight excluding hydrogens is 441 g/mol. The third-order valence-electron chi connectivity index (χ3n) is 0. The standard InChI is InChI=1S/Ba.Fe.4O.W/q2*+2;4*-2;. The summed E-state index contributed by atoms with van der Waals surface area (Å²) in [5, 5.41) is 0. The predicted octanol–water partition coefficient (Wildman–Crippen LogP) is -0.861. The summed E-state index contributed by atoms with van der Waals surface area (Å²) in [4.78, 5) is 0. The van der Waals surface area contributed by atoms with E-state index in [0.717, 1.165) is 0 Å². The quantitative estimate of drug-likeness (QED) is 0.436. The van der Waals surface area contributed by atoms with Gasteiger partial charge in [0.05, 0.1) is 0 Å². The van der Waals surface area contributed by atoms with Gasteiger partial charge in [-0.05, 0) is 0 Å². The van der Waals surface area contributed by atoms with E-state index in [-0.39, 0.29) is 109 Å². The monoisotopic (exact) mass is 442 g/mol. The van der Waals surface area contributed by atoms with E-state index in [1.165, 1.54) is 0 Å². The maximum Gasteiger partial charge on any atom is 2.00 e. The minimum absolute atomic E-state index is 0. The van der Waals surface area contributed by atoms with Gasteiger partial charge in [0.1, 0.15) is 0 Å². The molecule has 0 saturated heterocycles. The Morgan fingerprint density at radius 3 is 0.571 bits per heavy atom. The average molecular weight is 441 g/mol. The predicted molar refractivity (Wildman–Crippen MR) is 8.50 cm³/mol. The molecule has 0 aromatic rings. The summed E-state index contributed by atoms with van der Waals surface area (Å²) in [6, 6.07) is 0. The third-order valence-corrected chi connectivity index (χ3v) is 0. The van der Waals surface area contributed by atoms with Gasteiger partial charge in [-0.2, -0.15) is 0 Å². The van der Waals surface area contributed by atoms with E-state index >= 15 is 0 Å². The molecule has 0 rings (SSSR count). The molecule has 0 N–H and O–H groups in total. The molecule has 0 radical (unpaired) electrons. The minimum atomic E-state index is 0. The molecule has 0 heterocycles. The molecule has 0 bridgehead atoms. The Morgan fingerprint density at radius 1 is 0.571 bits per heavy atom. The van der Waals surface area contributed by atoms with E-state index in [2.05, 4.69) is 0 Å². The minimum Gasteiger partial charge on any atom is -2.00 e. The van der Waals surface area contributed by atoms with Crippen molar-refractivity contribution in [1.29, 1.82) is 0 Å². The van der Waals surface area contributed by atoms with E-state index in [9.17, 15) is 0 Å². The van der Waals surface area contributed by atoms with Gasteiger partial charge < -0.3 is 21.9 Å². The largest absolute Gasteiger partial charge is 2.00 e. The van der Waals surface area contributed by atoms with Crippen molar-refractivity contribution in [1.82, 2.24) is 0 Å². The first-order valence-corrected chi connectivity index (χ1v) is 0. The van der Waals surface area contributed by atoms with Crippen molar-refractivity contribution in [2.75, 3.05) is 0 Å². The zero-order valence-electron chi connectivity index (χ0n) is 3.10. The van der Waals surface area contributed by atoms with Crippen LogP contribution in [0, 0.1) is 0 Å². The molecule has 0 aliphatic carbocycles. The van der Waals surface area contributed by atoms with E-state index in [1.54, 1.807) is 0 Å². The third kappa shape index (κ3) is 55.0. The van der Waals surface area contributed by atoms with E-state index in [1.807, 2.05) is 0 Å². The fourth-order valence-corrected chi connectivity index (χ4v) is 0. The molecule has 0 amide bonds. The number of hydrogen-bond donors (Lipinski definition) is 0. The van der Waals surface area contributed by atoms with Crippen LogP contribution in [0.5, 0.6) is 0 Å². The molecule has 44 valence electrons. The maximum atomic E-state index is 0. The molecule has 0 aliphatic rings. The topological polar surface area (TPSA) is 114 Å². The number of rotatable bonds is 0. The zero-order chi connectivity index (χ0) is 0. The van der Waals surface area contributed by atoms with Crippen molar-refractivity contribution in [2.24, 2.45) is 0 Å². The Hall–Kier alpha value is 2.62. The molecular formula is BaFeO4W-4. The van der Waals surface area contributed by atoms with Crippen molar-refractivity contribution >= 4 is 48.9 Å². The van der Waals surface area contributed by atoms with Crippen LogP contribution in [0.2, 0.25) is 0 Å².